The van der Waals surface area contributed by atoms with Crippen molar-refractivity contribution in [3.05, 3.63) is 53.0 Å². The lowest BCUT2D eigenvalue weighted by atomic mass is 9.87. The smallest absolute Gasteiger partial charge is 0.319 e. The van der Waals surface area contributed by atoms with E-state index in [1.807, 2.05) is 0 Å². The van der Waals surface area contributed by atoms with E-state index in [4.69, 9.17) is 4.98 Å². The third-order valence-corrected chi connectivity index (χ3v) is 5.85. The second-order valence-corrected chi connectivity index (χ2v) is 7.59. The van der Waals surface area contributed by atoms with Crippen LogP contribution in [0.5, 0.6) is 5.75 Å². The number of aromatic nitrogens is 2. The fraction of sp³-hybridized carbons (Fsp3) is 0.400. The molecule has 1 aromatic heterocycles. The Kier molecular flexibility index (Phi) is 3.70. The lowest BCUT2D eigenvalue weighted by molar-refractivity contribution is 0.240. The molecule has 5 rings (SSSR count). The van der Waals surface area contributed by atoms with E-state index in [9.17, 15) is 14.3 Å². The Morgan fingerprint density at radius 2 is 2.04 bits per heavy atom. The van der Waals surface area contributed by atoms with E-state index in [1.54, 1.807) is 6.07 Å². The van der Waals surface area contributed by atoms with Crippen LogP contribution < -0.4 is 10.6 Å². The number of allylic oxidation sites excluding steroid dienone is 1. The van der Waals surface area contributed by atoms with Gasteiger partial charge < -0.3 is 20.3 Å². The molecular formula is C20H21FN4O2. The summed E-state index contributed by atoms with van der Waals surface area (Å²) in [6, 6.07) is 3.40. The van der Waals surface area contributed by atoms with Gasteiger partial charge in [0, 0.05) is 23.4 Å². The Morgan fingerprint density at radius 3 is 2.81 bits per heavy atom. The van der Waals surface area contributed by atoms with Crippen molar-refractivity contribution in [1.82, 2.24) is 20.2 Å². The van der Waals surface area contributed by atoms with Crippen molar-refractivity contribution in [2.45, 2.75) is 50.6 Å². The highest BCUT2D eigenvalue weighted by Gasteiger charge is 2.37. The fourth-order valence-corrected chi connectivity index (χ4v) is 4.50. The molecule has 1 aliphatic carbocycles. The molecule has 6 nitrogen and oxygen atoms in total. The number of nitrogens with zero attached hydrogens (tertiary/aromatic N) is 2. The van der Waals surface area contributed by atoms with Crippen LogP contribution in [0.15, 0.2) is 30.1 Å². The van der Waals surface area contributed by atoms with Gasteiger partial charge in [-0.05, 0) is 30.5 Å². The maximum atomic E-state index is 13.9. The zero-order valence-electron chi connectivity index (χ0n) is 14.8. The number of aromatic hydroxyl groups is 1. The molecule has 1 saturated carbocycles. The second-order valence-electron chi connectivity index (χ2n) is 7.59. The number of hydrogen-bond donors (Lipinski definition) is 3. The van der Waals surface area contributed by atoms with E-state index in [-0.39, 0.29) is 6.03 Å². The summed E-state index contributed by atoms with van der Waals surface area (Å²) in [6.45, 7) is 0.564. The van der Waals surface area contributed by atoms with E-state index in [2.05, 4.69) is 21.4 Å². The van der Waals surface area contributed by atoms with Crippen LogP contribution in [0.25, 0.3) is 5.57 Å². The van der Waals surface area contributed by atoms with Gasteiger partial charge in [0.2, 0.25) is 0 Å². The molecule has 1 aromatic carbocycles. The van der Waals surface area contributed by atoms with Gasteiger partial charge in [-0.2, -0.15) is 0 Å². The summed E-state index contributed by atoms with van der Waals surface area (Å²) >= 11 is 0. The molecule has 2 aromatic rings. The summed E-state index contributed by atoms with van der Waals surface area (Å²) in [4.78, 5) is 17.0. The van der Waals surface area contributed by atoms with Crippen LogP contribution in [0.1, 0.15) is 61.1 Å². The molecule has 0 radical (unpaired) electrons. The van der Waals surface area contributed by atoms with Crippen molar-refractivity contribution in [2.24, 2.45) is 0 Å². The van der Waals surface area contributed by atoms with Crippen molar-refractivity contribution < 1.29 is 14.3 Å². The Bertz CT molecular complexity index is 959. The average molecular weight is 368 g/mol. The number of carbonyl (C=O) groups is 1. The molecule has 3 heterocycles. The summed E-state index contributed by atoms with van der Waals surface area (Å²) in [6.07, 6.45) is 8.23. The number of phenolic OH excluding ortho intramolecular Hbond substituents is 1. The summed E-state index contributed by atoms with van der Waals surface area (Å²) in [5.41, 5.74) is 3.38. The van der Waals surface area contributed by atoms with Crippen LogP contribution in [0.2, 0.25) is 0 Å². The van der Waals surface area contributed by atoms with Gasteiger partial charge in [0.15, 0.2) is 11.6 Å². The van der Waals surface area contributed by atoms with Gasteiger partial charge in [-0.15, -0.1) is 0 Å². The van der Waals surface area contributed by atoms with Gasteiger partial charge in [-0.3, -0.25) is 0 Å². The fourth-order valence-electron chi connectivity index (χ4n) is 4.50. The molecule has 140 valence electrons. The average Bonchev–Trinajstić information content (AvgIpc) is 3.21. The van der Waals surface area contributed by atoms with E-state index in [0.29, 0.717) is 18.0 Å². The predicted molar refractivity (Wildman–Crippen MR) is 97.4 cm³/mol. The number of fused-ring (bicyclic) bond motifs is 2. The summed E-state index contributed by atoms with van der Waals surface area (Å²) in [5.74, 6) is 0.223. The maximum absolute atomic E-state index is 13.9. The molecule has 1 unspecified atom stereocenters. The Balaban J connectivity index is 1.54. The lowest BCUT2D eigenvalue weighted by Gasteiger charge is -2.26. The Morgan fingerprint density at radius 1 is 1.22 bits per heavy atom. The van der Waals surface area contributed by atoms with E-state index >= 15 is 0 Å². The number of amides is 2. The van der Waals surface area contributed by atoms with Gasteiger partial charge in [-0.1, -0.05) is 25.3 Å². The van der Waals surface area contributed by atoms with Crippen LogP contribution in [0.3, 0.4) is 0 Å². The van der Waals surface area contributed by atoms with Crippen molar-refractivity contribution in [3.8, 4) is 5.75 Å². The minimum atomic E-state index is -0.702. The van der Waals surface area contributed by atoms with E-state index in [1.165, 1.54) is 44.2 Å². The van der Waals surface area contributed by atoms with Crippen LogP contribution in [0, 0.1) is 5.82 Å². The number of hydrogen-bond acceptors (Lipinski definition) is 3. The molecule has 0 spiro atoms. The maximum Gasteiger partial charge on any atom is 0.319 e. The van der Waals surface area contributed by atoms with Gasteiger partial charge in [-0.25, -0.2) is 14.2 Å². The Labute approximate surface area is 156 Å². The quantitative estimate of drug-likeness (QED) is 0.758. The second kappa shape index (κ2) is 6.11. The highest BCUT2D eigenvalue weighted by Crippen LogP contribution is 2.41. The van der Waals surface area contributed by atoms with Gasteiger partial charge >= 0.3 is 6.03 Å². The zero-order valence-corrected chi connectivity index (χ0v) is 14.8. The van der Waals surface area contributed by atoms with Crippen LogP contribution in [0.4, 0.5) is 9.18 Å². The number of halogens is 1. The molecule has 0 bridgehead atoms. The lowest BCUT2D eigenvalue weighted by Crippen LogP contribution is -2.43. The van der Waals surface area contributed by atoms with Crippen LogP contribution in [-0.2, 0) is 6.54 Å². The monoisotopic (exact) mass is 368 g/mol. The number of urea groups is 1. The number of phenols is 1. The molecule has 7 heteroatoms. The highest BCUT2D eigenvalue weighted by atomic mass is 19.1. The molecular weight excluding hydrogens is 347 g/mol. The normalized spacial score (nSPS) is 22.3. The van der Waals surface area contributed by atoms with Gasteiger partial charge in [0.1, 0.15) is 5.82 Å². The predicted octanol–water partition coefficient (Wildman–Crippen LogP) is 3.55. The third kappa shape index (κ3) is 2.69. The molecule has 1 atom stereocenters. The Hall–Kier alpha value is -2.83. The minimum Gasteiger partial charge on any atom is -0.505 e. The topological polar surface area (TPSA) is 79.2 Å². The first-order valence-electron chi connectivity index (χ1n) is 9.46. The standard InChI is InChI=1S/C20H21FN4O2/c21-13-8-12(6-7-16(13)26)18-17-15(23-20(27)24-18)10-25-9-14(22-19(17)25)11-4-2-1-3-5-11/h6-9,11,18,26H,1-5,10H2,(H2,23,24,27). The summed E-state index contributed by atoms with van der Waals surface area (Å²) < 4.78 is 16.0. The first-order chi connectivity index (χ1) is 13.1. The largest absolute Gasteiger partial charge is 0.505 e. The first kappa shape index (κ1) is 16.4. The van der Waals surface area contributed by atoms with Crippen LogP contribution >= 0.6 is 0 Å². The zero-order chi connectivity index (χ0) is 18.5. The number of imidazole rings is 1. The molecule has 27 heavy (non-hydrogen) atoms. The third-order valence-electron chi connectivity index (χ3n) is 5.85. The number of nitrogens with one attached hydrogen (secondary N) is 2. The van der Waals surface area contributed by atoms with E-state index in [0.717, 1.165) is 22.8 Å². The van der Waals surface area contributed by atoms with Crippen molar-refractivity contribution >= 4 is 11.6 Å². The molecule has 1 fully saturated rings. The molecule has 0 saturated heterocycles. The van der Waals surface area contributed by atoms with E-state index < -0.39 is 17.6 Å². The highest BCUT2D eigenvalue weighted by molar-refractivity contribution is 5.88. The summed E-state index contributed by atoms with van der Waals surface area (Å²) in [5, 5.41) is 15.2. The minimum absolute atomic E-state index is 0.314. The van der Waals surface area contributed by atoms with Crippen LogP contribution in [-0.4, -0.2) is 20.7 Å². The van der Waals surface area contributed by atoms with Crippen molar-refractivity contribution in [3.63, 3.8) is 0 Å². The summed E-state index contributed by atoms with van der Waals surface area (Å²) in [7, 11) is 0. The van der Waals surface area contributed by atoms with Gasteiger partial charge in [0.05, 0.1) is 18.3 Å². The number of benzene rings is 1. The first-order valence-corrected chi connectivity index (χ1v) is 9.46. The SMILES string of the molecule is O=C1NC2=C(c3nc(C4CCCCC4)cn3C2)C(c2ccc(O)c(F)c2)N1. The van der Waals surface area contributed by atoms with Gasteiger partial charge in [0.25, 0.3) is 0 Å². The number of carbonyl (C=O) groups excluding carboxylic acids is 1. The number of rotatable bonds is 2. The molecule has 3 N–H and O–H groups in total. The molecule has 2 amide bonds. The molecule has 3 aliphatic rings. The van der Waals surface area contributed by atoms with Crippen molar-refractivity contribution in [1.29, 1.82) is 0 Å². The van der Waals surface area contributed by atoms with Crippen molar-refractivity contribution in [2.75, 3.05) is 0 Å². The molecule has 2 aliphatic heterocycles.